The van der Waals surface area contributed by atoms with Crippen molar-refractivity contribution in [3.8, 4) is 0 Å². The Morgan fingerprint density at radius 2 is 1.16 bits per heavy atom. The number of piperazine rings is 1. The number of imidazole rings is 1. The van der Waals surface area contributed by atoms with Gasteiger partial charge in [0.1, 0.15) is 5.82 Å². The van der Waals surface area contributed by atoms with Gasteiger partial charge in [0.25, 0.3) is 0 Å². The Hall–Kier alpha value is -6.34. The minimum atomic E-state index is -1.26. The lowest BCUT2D eigenvalue weighted by Crippen LogP contribution is -2.43. The van der Waals surface area contributed by atoms with E-state index in [0.717, 1.165) is 61.6 Å². The molecule has 1 aromatic heterocycles. The van der Waals surface area contributed by atoms with Crippen LogP contribution in [0.25, 0.3) is 11.0 Å². The van der Waals surface area contributed by atoms with E-state index in [1.165, 1.54) is 5.56 Å². The maximum Gasteiger partial charge on any atom is 0.328 e. The fourth-order valence-corrected chi connectivity index (χ4v) is 4.98. The molecule has 4 N–H and O–H groups in total. The van der Waals surface area contributed by atoms with Gasteiger partial charge in [-0.05, 0) is 30.3 Å². The molecule has 266 valence electrons. The molecule has 4 aromatic rings. The first-order valence-electron chi connectivity index (χ1n) is 16.0. The molecule has 3 aromatic carbocycles. The SMILES string of the molecule is O=C(CCn1c(CN2CCN(/C=C/Cc3ccccc3)CC2)nc2ccccc21)c1ccccc1.O=C(O)/C=C\C(=O)O.O=C(O)/C=C\C(=O)O. The smallest absolute Gasteiger partial charge is 0.328 e. The highest BCUT2D eigenvalue weighted by molar-refractivity contribution is 5.96. The predicted molar refractivity (Wildman–Crippen MR) is 190 cm³/mol. The van der Waals surface area contributed by atoms with Gasteiger partial charge in [-0.15, -0.1) is 0 Å². The van der Waals surface area contributed by atoms with Gasteiger partial charge in [-0.25, -0.2) is 24.2 Å². The van der Waals surface area contributed by atoms with Gasteiger partial charge >= 0.3 is 23.9 Å². The Balaban J connectivity index is 0.000000366. The first-order valence-corrected chi connectivity index (χ1v) is 16.0. The van der Waals surface area contributed by atoms with Crippen molar-refractivity contribution in [2.24, 2.45) is 0 Å². The van der Waals surface area contributed by atoms with Crippen LogP contribution in [0.1, 0.15) is 28.2 Å². The number of nitrogens with zero attached hydrogens (tertiary/aromatic N) is 4. The van der Waals surface area contributed by atoms with E-state index in [2.05, 4.69) is 69.1 Å². The molecule has 2 heterocycles. The van der Waals surface area contributed by atoms with Gasteiger partial charge in [-0.2, -0.15) is 0 Å². The molecule has 0 radical (unpaired) electrons. The number of hydrogen-bond acceptors (Lipinski definition) is 8. The number of carbonyl (C=O) groups is 5. The summed E-state index contributed by atoms with van der Waals surface area (Å²) in [4.78, 5) is 60.8. The number of benzene rings is 3. The van der Waals surface area contributed by atoms with Gasteiger partial charge in [0, 0.05) is 69.0 Å². The molecule has 13 heteroatoms. The second kappa shape index (κ2) is 20.9. The summed E-state index contributed by atoms with van der Waals surface area (Å²) in [6.07, 6.45) is 8.17. The largest absolute Gasteiger partial charge is 0.478 e. The number of rotatable bonds is 13. The quantitative estimate of drug-likeness (QED) is 0.112. The molecule has 1 aliphatic heterocycles. The van der Waals surface area contributed by atoms with Crippen molar-refractivity contribution in [3.05, 3.63) is 138 Å². The molecule has 0 amide bonds. The van der Waals surface area contributed by atoms with Gasteiger partial charge in [-0.1, -0.05) is 78.9 Å². The third-order valence-electron chi connectivity index (χ3n) is 7.41. The average Bonchev–Trinajstić information content (AvgIpc) is 3.47. The molecule has 5 rings (SSSR count). The molecule has 0 bridgehead atoms. The lowest BCUT2D eigenvalue weighted by atomic mass is 10.1. The fraction of sp³-hybridized carbons (Fsp3) is 0.211. The second-order valence-electron chi connectivity index (χ2n) is 11.1. The van der Waals surface area contributed by atoms with Crippen LogP contribution in [0.2, 0.25) is 0 Å². The first kappa shape index (κ1) is 39.1. The van der Waals surface area contributed by atoms with Crippen LogP contribution in [0.4, 0.5) is 0 Å². The van der Waals surface area contributed by atoms with Crippen LogP contribution in [0.5, 0.6) is 0 Å². The number of ketones is 1. The van der Waals surface area contributed by atoms with Crippen LogP contribution in [0, 0.1) is 0 Å². The van der Waals surface area contributed by atoms with E-state index in [1.807, 2.05) is 42.5 Å². The number of allylic oxidation sites excluding steroid dienone is 1. The lowest BCUT2D eigenvalue weighted by molar-refractivity contribution is -0.134. The zero-order valence-corrected chi connectivity index (χ0v) is 27.8. The highest BCUT2D eigenvalue weighted by Gasteiger charge is 2.19. The summed E-state index contributed by atoms with van der Waals surface area (Å²) >= 11 is 0. The van der Waals surface area contributed by atoms with Crippen molar-refractivity contribution in [1.29, 1.82) is 0 Å². The van der Waals surface area contributed by atoms with Crippen molar-refractivity contribution < 1.29 is 44.4 Å². The number of aryl methyl sites for hydroxylation is 1. The van der Waals surface area contributed by atoms with E-state index in [-0.39, 0.29) is 5.78 Å². The van der Waals surface area contributed by atoms with Gasteiger partial charge < -0.3 is 29.9 Å². The molecular formula is C38H40N4O9. The van der Waals surface area contributed by atoms with E-state index in [9.17, 15) is 24.0 Å². The Morgan fingerprint density at radius 1 is 0.647 bits per heavy atom. The summed E-state index contributed by atoms with van der Waals surface area (Å²) in [5, 5.41) is 31.2. The predicted octanol–water partition coefficient (Wildman–Crippen LogP) is 4.61. The van der Waals surface area contributed by atoms with Crippen LogP contribution in [0.3, 0.4) is 0 Å². The van der Waals surface area contributed by atoms with Crippen LogP contribution < -0.4 is 0 Å². The molecule has 0 spiro atoms. The summed E-state index contributed by atoms with van der Waals surface area (Å²) in [5.74, 6) is -3.81. The van der Waals surface area contributed by atoms with E-state index in [4.69, 9.17) is 25.4 Å². The number of para-hydroxylation sites is 2. The number of fused-ring (bicyclic) bond motifs is 1. The second-order valence-corrected chi connectivity index (χ2v) is 11.1. The normalized spacial score (nSPS) is 13.1. The molecule has 1 saturated heterocycles. The fourth-order valence-electron chi connectivity index (χ4n) is 4.98. The van der Waals surface area contributed by atoms with Crippen molar-refractivity contribution >= 4 is 40.7 Å². The summed E-state index contributed by atoms with van der Waals surface area (Å²) in [5.41, 5.74) is 4.21. The van der Waals surface area contributed by atoms with Crippen molar-refractivity contribution in [1.82, 2.24) is 19.4 Å². The molecule has 0 unspecified atom stereocenters. The number of hydrogen-bond donors (Lipinski definition) is 4. The number of aliphatic carboxylic acids is 4. The van der Waals surface area contributed by atoms with Gasteiger partial charge in [0.05, 0.1) is 17.6 Å². The van der Waals surface area contributed by atoms with E-state index in [1.54, 1.807) is 0 Å². The van der Waals surface area contributed by atoms with Crippen LogP contribution >= 0.6 is 0 Å². The van der Waals surface area contributed by atoms with Crippen LogP contribution in [-0.2, 0) is 38.7 Å². The minimum absolute atomic E-state index is 0.172. The number of aromatic nitrogens is 2. The zero-order chi connectivity index (χ0) is 37.0. The van der Waals surface area contributed by atoms with E-state index in [0.29, 0.717) is 37.3 Å². The molecule has 51 heavy (non-hydrogen) atoms. The third-order valence-corrected chi connectivity index (χ3v) is 7.41. The maximum atomic E-state index is 12.7. The standard InChI is InChI=1S/C30H32N4O.2C4H4O4/c35-29(26-13-5-2-6-14-26)17-19-34-28-16-8-7-15-27(28)31-30(34)24-33-22-20-32(21-23-33)18-9-12-25-10-3-1-4-11-25;2*5-3(6)1-2-4(7)8/h1-11,13-16,18H,12,17,19-24H2;2*1-2H,(H,5,6)(H,7,8)/b18-9+;2*2-1-. The molecule has 1 aliphatic rings. The topological polar surface area (TPSA) is 191 Å². The summed E-state index contributed by atoms with van der Waals surface area (Å²) in [6.45, 7) is 5.47. The summed E-state index contributed by atoms with van der Waals surface area (Å²) in [6, 6.07) is 28.4. The lowest BCUT2D eigenvalue weighted by Gasteiger charge is -2.34. The Bertz CT molecular complexity index is 1780. The highest BCUT2D eigenvalue weighted by atomic mass is 16.4. The minimum Gasteiger partial charge on any atom is -0.478 e. The number of carbonyl (C=O) groups excluding carboxylic acids is 1. The zero-order valence-electron chi connectivity index (χ0n) is 27.8. The van der Waals surface area contributed by atoms with Crippen molar-refractivity contribution in [2.45, 2.75) is 25.9 Å². The number of Topliss-reactive ketones (excluding diaryl/α,β-unsaturated/α-hetero) is 1. The Morgan fingerprint density at radius 3 is 1.71 bits per heavy atom. The molecule has 13 nitrogen and oxygen atoms in total. The summed E-state index contributed by atoms with van der Waals surface area (Å²) < 4.78 is 2.24. The number of carboxylic acids is 4. The summed E-state index contributed by atoms with van der Waals surface area (Å²) in [7, 11) is 0. The van der Waals surface area contributed by atoms with Gasteiger partial charge in [0.15, 0.2) is 5.78 Å². The van der Waals surface area contributed by atoms with Gasteiger partial charge in [-0.3, -0.25) is 9.69 Å². The highest BCUT2D eigenvalue weighted by Crippen LogP contribution is 2.19. The molecule has 0 atom stereocenters. The van der Waals surface area contributed by atoms with Gasteiger partial charge in [0.2, 0.25) is 0 Å². The Kier molecular flexibility index (Phi) is 16.0. The number of carboxylic acid groups (broad SMARTS) is 4. The third kappa shape index (κ3) is 14.8. The average molecular weight is 697 g/mol. The van der Waals surface area contributed by atoms with Crippen LogP contribution in [0.15, 0.2) is 122 Å². The van der Waals surface area contributed by atoms with Crippen molar-refractivity contribution in [2.75, 3.05) is 26.2 Å². The Labute approximate surface area is 294 Å². The first-order chi connectivity index (χ1) is 24.5. The molecule has 0 saturated carbocycles. The molecule has 1 fully saturated rings. The maximum absolute atomic E-state index is 12.7. The van der Waals surface area contributed by atoms with Crippen LogP contribution in [-0.4, -0.2) is 95.6 Å². The van der Waals surface area contributed by atoms with E-state index >= 15 is 0 Å². The van der Waals surface area contributed by atoms with Crippen molar-refractivity contribution in [3.63, 3.8) is 0 Å². The molecular weight excluding hydrogens is 656 g/mol. The molecule has 0 aliphatic carbocycles. The van der Waals surface area contributed by atoms with E-state index < -0.39 is 23.9 Å². The monoisotopic (exact) mass is 696 g/mol.